The van der Waals surface area contributed by atoms with E-state index in [2.05, 4.69) is 73.7 Å². The van der Waals surface area contributed by atoms with Crippen molar-refractivity contribution in [3.63, 3.8) is 0 Å². The molecule has 3 aromatic rings. The molecule has 3 aromatic carbocycles. The van der Waals surface area contributed by atoms with Gasteiger partial charge in [0.2, 0.25) is 0 Å². The molecule has 3 aliphatic rings. The Morgan fingerprint density at radius 2 is 1.33 bits per heavy atom. The third-order valence-electron chi connectivity index (χ3n) is 6.75. The molecule has 2 aliphatic carbocycles. The van der Waals surface area contributed by atoms with Gasteiger partial charge in [0.25, 0.3) is 0 Å². The Kier molecular flexibility index (Phi) is 6.06. The average Bonchev–Trinajstić information content (AvgIpc) is 3.02. The number of rotatable bonds is 3. The third kappa shape index (κ3) is 2.87. The largest absolute Gasteiger partial charge is 1.00 e. The quantitative estimate of drug-likeness (QED) is 0.265. The summed E-state index contributed by atoms with van der Waals surface area (Å²) in [5.41, 5.74) is 10.2. The summed E-state index contributed by atoms with van der Waals surface area (Å²) < 4.78 is 0.597. The van der Waals surface area contributed by atoms with E-state index in [-0.39, 0.29) is 24.8 Å². The Bertz CT molecular complexity index is 1140. The van der Waals surface area contributed by atoms with Crippen molar-refractivity contribution in [2.75, 3.05) is 0 Å². The van der Waals surface area contributed by atoms with Gasteiger partial charge >= 0.3 is 188 Å². The predicted octanol–water partition coefficient (Wildman–Crippen LogP) is 0.897. The van der Waals surface area contributed by atoms with Crippen LogP contribution in [0.5, 0.6) is 0 Å². The molecular formula is C25H20Cl3SiZr. The van der Waals surface area contributed by atoms with Gasteiger partial charge in [-0.15, -0.1) is 0 Å². The van der Waals surface area contributed by atoms with E-state index in [4.69, 9.17) is 11.1 Å². The molecule has 0 fully saturated rings. The molecule has 2 unspecified atom stereocenters. The molecule has 149 valence electrons. The van der Waals surface area contributed by atoms with Crippen LogP contribution in [0.15, 0.2) is 71.9 Å². The Balaban J connectivity index is 0.00000109. The normalized spacial score (nSPS) is 22.5. The van der Waals surface area contributed by atoms with Crippen LogP contribution < -0.4 is 24.8 Å². The fourth-order valence-electron chi connectivity index (χ4n) is 5.63. The zero-order chi connectivity index (χ0) is 19.0. The maximum Gasteiger partial charge on any atom is -1.00 e. The van der Waals surface area contributed by atoms with E-state index >= 15 is 0 Å². The molecule has 5 heteroatoms. The van der Waals surface area contributed by atoms with Gasteiger partial charge in [0.1, 0.15) is 0 Å². The minimum Gasteiger partial charge on any atom is -1.00 e. The number of halogens is 3. The van der Waals surface area contributed by atoms with Gasteiger partial charge in [0, 0.05) is 0 Å². The maximum absolute atomic E-state index is 7.29. The van der Waals surface area contributed by atoms with Crippen molar-refractivity contribution in [1.29, 1.82) is 0 Å². The van der Waals surface area contributed by atoms with Crippen molar-refractivity contribution in [1.82, 2.24) is 0 Å². The average molecular weight is 546 g/mol. The van der Waals surface area contributed by atoms with Gasteiger partial charge in [-0.1, -0.05) is 0 Å². The van der Waals surface area contributed by atoms with Crippen molar-refractivity contribution in [2.24, 2.45) is 0 Å². The SMILES string of the molecule is CCC[Si]1(Cl)C2=C1[CH]([Zr+2])c1cccc(C3c4ccccc4-c4ccccc43)c12.[Cl-].[Cl-]. The van der Waals surface area contributed by atoms with Crippen LogP contribution in [0, 0.1) is 0 Å². The van der Waals surface area contributed by atoms with Crippen LogP contribution >= 0.6 is 11.1 Å². The number of benzene rings is 3. The molecule has 0 bridgehead atoms. The van der Waals surface area contributed by atoms with Gasteiger partial charge in [0.05, 0.1) is 0 Å². The molecular weight excluding hydrogens is 526 g/mol. The van der Waals surface area contributed by atoms with E-state index < -0.39 is 7.38 Å². The van der Waals surface area contributed by atoms with Crippen molar-refractivity contribution in [3.8, 4) is 11.1 Å². The first-order valence-corrected chi connectivity index (χ1v) is 14.8. The first-order chi connectivity index (χ1) is 13.7. The third-order valence-corrected chi connectivity index (χ3v) is 14.3. The Morgan fingerprint density at radius 1 is 0.800 bits per heavy atom. The van der Waals surface area contributed by atoms with Crippen LogP contribution in [0.25, 0.3) is 16.3 Å². The monoisotopic (exact) mass is 543 g/mol. The van der Waals surface area contributed by atoms with Crippen molar-refractivity contribution >= 4 is 23.7 Å². The van der Waals surface area contributed by atoms with Crippen molar-refractivity contribution in [2.45, 2.75) is 28.9 Å². The van der Waals surface area contributed by atoms with Crippen LogP contribution in [-0.4, -0.2) is 7.38 Å². The van der Waals surface area contributed by atoms with Crippen LogP contribution in [0.4, 0.5) is 0 Å². The number of hydrogen-bond donors (Lipinski definition) is 0. The predicted molar refractivity (Wildman–Crippen MR) is 116 cm³/mol. The molecule has 0 aromatic heterocycles. The second kappa shape index (κ2) is 8.05. The summed E-state index contributed by atoms with van der Waals surface area (Å²) in [5, 5.41) is 3.27. The molecule has 0 amide bonds. The molecule has 0 radical (unpaired) electrons. The van der Waals surface area contributed by atoms with Gasteiger partial charge in [-0.25, -0.2) is 0 Å². The number of allylic oxidation sites excluding steroid dienone is 1. The van der Waals surface area contributed by atoms with Crippen LogP contribution in [0.1, 0.15) is 50.7 Å². The Morgan fingerprint density at radius 3 is 1.93 bits per heavy atom. The zero-order valence-corrected chi connectivity index (χ0v) is 22.3. The number of hydrogen-bond acceptors (Lipinski definition) is 0. The minimum atomic E-state index is -1.81. The summed E-state index contributed by atoms with van der Waals surface area (Å²) >= 11 is 8.89. The van der Waals surface area contributed by atoms with E-state index in [0.717, 1.165) is 0 Å². The van der Waals surface area contributed by atoms with Gasteiger partial charge in [0.15, 0.2) is 0 Å². The van der Waals surface area contributed by atoms with E-state index in [1.165, 1.54) is 45.8 Å². The maximum atomic E-state index is 7.29. The molecule has 2 atom stereocenters. The fourth-order valence-corrected chi connectivity index (χ4v) is 15.2. The summed E-state index contributed by atoms with van der Waals surface area (Å²) in [4.78, 5) is 0. The van der Waals surface area contributed by atoms with Crippen LogP contribution in [0.2, 0.25) is 6.04 Å². The van der Waals surface area contributed by atoms with Crippen molar-refractivity contribution < 1.29 is 49.5 Å². The molecule has 1 aliphatic heterocycles. The first-order valence-electron chi connectivity index (χ1n) is 10.1. The summed E-state index contributed by atoms with van der Waals surface area (Å²) in [5.74, 6) is 0.328. The van der Waals surface area contributed by atoms with E-state index in [1.807, 2.05) is 0 Å². The molecule has 6 rings (SSSR count). The molecule has 0 saturated heterocycles. The van der Waals surface area contributed by atoms with Gasteiger partial charge in [-0.2, -0.15) is 0 Å². The topological polar surface area (TPSA) is 0 Å². The van der Waals surface area contributed by atoms with Gasteiger partial charge in [-0.05, 0) is 0 Å². The molecule has 0 N–H and O–H groups in total. The Hall–Kier alpha value is -0.630. The van der Waals surface area contributed by atoms with E-state index in [1.54, 1.807) is 40.7 Å². The molecule has 0 saturated carbocycles. The van der Waals surface area contributed by atoms with Gasteiger partial charge < -0.3 is 24.8 Å². The minimum absolute atomic E-state index is 0. The summed E-state index contributed by atoms with van der Waals surface area (Å²) in [7, 11) is -1.81. The molecule has 30 heavy (non-hydrogen) atoms. The number of fused-ring (bicyclic) bond motifs is 5. The molecule has 0 nitrogen and oxygen atoms in total. The summed E-state index contributed by atoms with van der Waals surface area (Å²) in [6.07, 6.45) is 1.19. The summed E-state index contributed by atoms with van der Waals surface area (Å²) in [6, 6.07) is 26.1. The summed E-state index contributed by atoms with van der Waals surface area (Å²) in [6.45, 7) is 2.28. The first kappa shape index (κ1) is 22.6. The molecule has 1 heterocycles. The van der Waals surface area contributed by atoms with Gasteiger partial charge in [-0.3, -0.25) is 0 Å². The van der Waals surface area contributed by atoms with E-state index in [0.29, 0.717) is 9.54 Å². The Labute approximate surface area is 211 Å². The van der Waals surface area contributed by atoms with Crippen LogP contribution in [0.3, 0.4) is 0 Å². The van der Waals surface area contributed by atoms with E-state index in [9.17, 15) is 0 Å². The second-order valence-corrected chi connectivity index (χ2v) is 14.7. The van der Waals surface area contributed by atoms with Crippen molar-refractivity contribution in [3.05, 3.63) is 99.7 Å². The zero-order valence-electron chi connectivity index (χ0n) is 16.6. The second-order valence-electron chi connectivity index (χ2n) is 8.19. The smallest absolute Gasteiger partial charge is 1.00 e. The molecule has 0 spiro atoms. The fraction of sp³-hybridized carbons (Fsp3) is 0.200. The van der Waals surface area contributed by atoms with Crippen LogP contribution in [-0.2, 0) is 24.7 Å². The standard InChI is InChI=1S/C25H20ClSi.2ClH.Zr/c1-2-14-27(26)22-15-16-8-7-13-21(23(16)25(22)27)24-19-11-5-3-9-17(19)18-10-4-6-12-20(18)24;;;/h3-13,15,24H,2,14H2,1H3;2*1H;/q;;;+2/p-2.